The smallest absolute Gasteiger partial charge is 0.407 e. The molecule has 1 heterocycles. The van der Waals surface area contributed by atoms with Crippen LogP contribution in [0.5, 0.6) is 0 Å². The monoisotopic (exact) mass is 282 g/mol. The van der Waals surface area contributed by atoms with E-state index >= 15 is 0 Å². The molecule has 20 heavy (non-hydrogen) atoms. The second kappa shape index (κ2) is 6.79. The highest BCUT2D eigenvalue weighted by molar-refractivity contribution is 5.67. The van der Waals surface area contributed by atoms with E-state index in [1.807, 2.05) is 20.8 Å². The van der Waals surface area contributed by atoms with E-state index in [1.165, 1.54) is 51.6 Å². The van der Waals surface area contributed by atoms with Crippen LogP contribution in [-0.2, 0) is 4.74 Å². The number of hydrogen-bond acceptors (Lipinski definition) is 3. The fraction of sp³-hybridized carbons (Fsp3) is 0.938. The number of carbonyl (C=O) groups excluding carboxylic acids is 1. The average Bonchev–Trinajstić information content (AvgIpc) is 2.89. The van der Waals surface area contributed by atoms with Crippen LogP contribution in [0.25, 0.3) is 0 Å². The fourth-order valence-corrected chi connectivity index (χ4v) is 3.33. The van der Waals surface area contributed by atoms with Gasteiger partial charge in [0.2, 0.25) is 0 Å². The molecule has 2 fully saturated rings. The van der Waals surface area contributed by atoms with Crippen LogP contribution < -0.4 is 5.32 Å². The van der Waals surface area contributed by atoms with Crippen molar-refractivity contribution in [3.05, 3.63) is 0 Å². The number of alkyl carbamates (subject to hydrolysis) is 1. The lowest BCUT2D eigenvalue weighted by atomic mass is 9.95. The molecule has 0 radical (unpaired) electrons. The summed E-state index contributed by atoms with van der Waals surface area (Å²) in [5.41, 5.74) is -0.407. The molecule has 4 heteroatoms. The van der Waals surface area contributed by atoms with Crippen molar-refractivity contribution < 1.29 is 9.53 Å². The van der Waals surface area contributed by atoms with Gasteiger partial charge in [0.1, 0.15) is 5.60 Å². The van der Waals surface area contributed by atoms with Crippen molar-refractivity contribution >= 4 is 6.09 Å². The van der Waals surface area contributed by atoms with E-state index in [1.54, 1.807) is 0 Å². The second-order valence-corrected chi connectivity index (χ2v) is 7.30. The predicted molar refractivity (Wildman–Crippen MR) is 80.8 cm³/mol. The van der Waals surface area contributed by atoms with Crippen molar-refractivity contribution in [1.29, 1.82) is 0 Å². The molecular weight excluding hydrogens is 252 g/mol. The maximum Gasteiger partial charge on any atom is 0.407 e. The molecule has 0 aromatic rings. The maximum atomic E-state index is 11.6. The van der Waals surface area contributed by atoms with Crippen LogP contribution in [0.15, 0.2) is 0 Å². The summed E-state index contributed by atoms with van der Waals surface area (Å²) in [5.74, 6) is 0.611. The van der Waals surface area contributed by atoms with E-state index in [0.29, 0.717) is 5.92 Å². The van der Waals surface area contributed by atoms with Gasteiger partial charge in [0.25, 0.3) is 0 Å². The Hall–Kier alpha value is -0.770. The van der Waals surface area contributed by atoms with E-state index in [-0.39, 0.29) is 6.09 Å². The van der Waals surface area contributed by atoms with Gasteiger partial charge in [-0.2, -0.15) is 0 Å². The van der Waals surface area contributed by atoms with Gasteiger partial charge in [0.05, 0.1) is 0 Å². The minimum atomic E-state index is -0.407. The molecule has 1 aliphatic heterocycles. The summed E-state index contributed by atoms with van der Waals surface area (Å²) in [6, 6.07) is 0.842. The molecule has 0 atom stereocenters. The van der Waals surface area contributed by atoms with Gasteiger partial charge < -0.3 is 15.0 Å². The summed E-state index contributed by atoms with van der Waals surface area (Å²) in [6.07, 6.45) is 7.71. The van der Waals surface area contributed by atoms with Crippen LogP contribution in [-0.4, -0.2) is 42.3 Å². The highest BCUT2D eigenvalue weighted by Crippen LogP contribution is 2.27. The Balaban J connectivity index is 1.63. The lowest BCUT2D eigenvalue weighted by molar-refractivity contribution is 0.0505. The largest absolute Gasteiger partial charge is 0.444 e. The SMILES string of the molecule is CC(C)(C)OC(=O)NCC1CCN(C2CCCC2)CC1. The highest BCUT2D eigenvalue weighted by Gasteiger charge is 2.27. The Kier molecular flexibility index (Phi) is 5.30. The third kappa shape index (κ3) is 4.97. The summed E-state index contributed by atoms with van der Waals surface area (Å²) in [6.45, 7) is 8.84. The third-order valence-electron chi connectivity index (χ3n) is 4.42. The molecule has 1 amide bonds. The third-order valence-corrected chi connectivity index (χ3v) is 4.42. The molecule has 0 aromatic carbocycles. The molecule has 1 saturated heterocycles. The van der Waals surface area contributed by atoms with Crippen molar-refractivity contribution in [2.45, 2.75) is 70.9 Å². The van der Waals surface area contributed by atoms with Crippen LogP contribution >= 0.6 is 0 Å². The molecule has 1 aliphatic carbocycles. The van der Waals surface area contributed by atoms with Gasteiger partial charge in [-0.25, -0.2) is 4.79 Å². The van der Waals surface area contributed by atoms with Crippen LogP contribution in [0.4, 0.5) is 4.79 Å². The minimum absolute atomic E-state index is 0.282. The lowest BCUT2D eigenvalue weighted by Gasteiger charge is -2.36. The highest BCUT2D eigenvalue weighted by atomic mass is 16.6. The maximum absolute atomic E-state index is 11.6. The molecule has 0 unspecified atom stereocenters. The Morgan fingerprint density at radius 3 is 2.30 bits per heavy atom. The number of ether oxygens (including phenoxy) is 1. The minimum Gasteiger partial charge on any atom is -0.444 e. The Labute approximate surface area is 123 Å². The molecule has 0 aromatic heterocycles. The quantitative estimate of drug-likeness (QED) is 0.864. The first-order chi connectivity index (χ1) is 9.44. The number of nitrogens with zero attached hydrogens (tertiary/aromatic N) is 1. The van der Waals surface area contributed by atoms with E-state index in [2.05, 4.69) is 10.2 Å². The number of carbonyl (C=O) groups is 1. The number of likely N-dealkylation sites (tertiary alicyclic amines) is 1. The summed E-state index contributed by atoms with van der Waals surface area (Å²) in [7, 11) is 0. The zero-order chi connectivity index (χ0) is 14.6. The van der Waals surface area contributed by atoms with E-state index < -0.39 is 5.60 Å². The van der Waals surface area contributed by atoms with Crippen LogP contribution in [0.3, 0.4) is 0 Å². The topological polar surface area (TPSA) is 41.6 Å². The van der Waals surface area contributed by atoms with Crippen molar-refractivity contribution in [2.24, 2.45) is 5.92 Å². The normalized spacial score (nSPS) is 22.9. The van der Waals surface area contributed by atoms with Gasteiger partial charge in [-0.05, 0) is 65.5 Å². The zero-order valence-corrected chi connectivity index (χ0v) is 13.3. The Morgan fingerprint density at radius 1 is 1.15 bits per heavy atom. The van der Waals surface area contributed by atoms with Crippen molar-refractivity contribution in [3.8, 4) is 0 Å². The van der Waals surface area contributed by atoms with Gasteiger partial charge in [0.15, 0.2) is 0 Å². The van der Waals surface area contributed by atoms with Crippen molar-refractivity contribution in [2.75, 3.05) is 19.6 Å². The first kappa shape index (κ1) is 15.6. The average molecular weight is 282 g/mol. The number of piperidine rings is 1. The Bertz CT molecular complexity index is 311. The molecule has 0 bridgehead atoms. The fourth-order valence-electron chi connectivity index (χ4n) is 3.33. The summed E-state index contributed by atoms with van der Waals surface area (Å²) >= 11 is 0. The number of hydrogen-bond donors (Lipinski definition) is 1. The Morgan fingerprint density at radius 2 is 1.75 bits per heavy atom. The standard InChI is InChI=1S/C16H30N2O2/c1-16(2,3)20-15(19)17-12-13-8-10-18(11-9-13)14-6-4-5-7-14/h13-14H,4-12H2,1-3H3,(H,17,19). The van der Waals surface area contributed by atoms with Crippen molar-refractivity contribution in [3.63, 3.8) is 0 Å². The van der Waals surface area contributed by atoms with E-state index in [4.69, 9.17) is 4.74 Å². The van der Waals surface area contributed by atoms with Gasteiger partial charge in [-0.15, -0.1) is 0 Å². The summed E-state index contributed by atoms with van der Waals surface area (Å²) in [5, 5.41) is 2.91. The molecule has 4 nitrogen and oxygen atoms in total. The van der Waals surface area contributed by atoms with Crippen LogP contribution in [0, 0.1) is 5.92 Å². The molecule has 1 N–H and O–H groups in total. The molecule has 116 valence electrons. The van der Waals surface area contributed by atoms with Crippen LogP contribution in [0.2, 0.25) is 0 Å². The predicted octanol–water partition coefficient (Wildman–Crippen LogP) is 3.17. The first-order valence-electron chi connectivity index (χ1n) is 8.15. The van der Waals surface area contributed by atoms with Gasteiger partial charge in [0, 0.05) is 12.6 Å². The van der Waals surface area contributed by atoms with Gasteiger partial charge in [-0.1, -0.05) is 12.8 Å². The van der Waals surface area contributed by atoms with Crippen LogP contribution in [0.1, 0.15) is 59.3 Å². The second-order valence-electron chi connectivity index (χ2n) is 7.30. The number of rotatable bonds is 3. The molecule has 0 spiro atoms. The molecule has 1 saturated carbocycles. The van der Waals surface area contributed by atoms with Gasteiger partial charge >= 0.3 is 6.09 Å². The summed E-state index contributed by atoms with van der Waals surface area (Å²) in [4.78, 5) is 14.3. The number of amides is 1. The van der Waals surface area contributed by atoms with Gasteiger partial charge in [-0.3, -0.25) is 0 Å². The summed E-state index contributed by atoms with van der Waals surface area (Å²) < 4.78 is 5.27. The first-order valence-corrected chi connectivity index (χ1v) is 8.15. The molecule has 2 aliphatic rings. The van der Waals surface area contributed by atoms with Crippen molar-refractivity contribution in [1.82, 2.24) is 10.2 Å². The van der Waals surface area contributed by atoms with E-state index in [0.717, 1.165) is 12.6 Å². The zero-order valence-electron chi connectivity index (χ0n) is 13.3. The lowest BCUT2D eigenvalue weighted by Crippen LogP contribution is -2.43. The number of nitrogens with one attached hydrogen (secondary N) is 1. The molecular formula is C16H30N2O2. The molecule has 2 rings (SSSR count). The van der Waals surface area contributed by atoms with E-state index in [9.17, 15) is 4.79 Å².